The summed E-state index contributed by atoms with van der Waals surface area (Å²) in [5.74, 6) is -0.0476. The van der Waals surface area contributed by atoms with Crippen LogP contribution in [0.2, 0.25) is 10.0 Å². The SMILES string of the molecule is CCc1ccc(OCC(=O)N(Cc2c(Cl)cccc2Cl)C(Cc2ccccc2)C(=O)NC)cc1. The van der Waals surface area contributed by atoms with Crippen molar-refractivity contribution >= 4 is 35.0 Å². The van der Waals surface area contributed by atoms with Gasteiger partial charge in [-0.3, -0.25) is 9.59 Å². The Labute approximate surface area is 210 Å². The number of likely N-dealkylation sites (N-methyl/N-ethyl adjacent to an activating group) is 1. The van der Waals surface area contributed by atoms with E-state index in [-0.39, 0.29) is 25.0 Å². The van der Waals surface area contributed by atoms with Crippen molar-refractivity contribution in [3.05, 3.63) is 99.5 Å². The van der Waals surface area contributed by atoms with Crippen LogP contribution < -0.4 is 10.1 Å². The molecule has 178 valence electrons. The van der Waals surface area contributed by atoms with E-state index in [9.17, 15) is 9.59 Å². The number of nitrogens with one attached hydrogen (secondary N) is 1. The van der Waals surface area contributed by atoms with Gasteiger partial charge in [0, 0.05) is 35.6 Å². The molecular weight excluding hydrogens is 471 g/mol. The summed E-state index contributed by atoms with van der Waals surface area (Å²) in [6.07, 6.45) is 1.25. The van der Waals surface area contributed by atoms with Crippen molar-refractivity contribution in [3.8, 4) is 5.75 Å². The summed E-state index contributed by atoms with van der Waals surface area (Å²) in [5, 5.41) is 3.54. The van der Waals surface area contributed by atoms with E-state index in [0.29, 0.717) is 27.8 Å². The third-order valence-electron chi connectivity index (χ3n) is 5.60. The average molecular weight is 499 g/mol. The zero-order valence-corrected chi connectivity index (χ0v) is 20.8. The van der Waals surface area contributed by atoms with Gasteiger partial charge in [0.05, 0.1) is 0 Å². The number of amides is 2. The maximum atomic E-state index is 13.5. The number of rotatable bonds is 10. The molecule has 0 aromatic heterocycles. The van der Waals surface area contributed by atoms with Crippen LogP contribution in [0.3, 0.4) is 0 Å². The normalized spacial score (nSPS) is 11.5. The van der Waals surface area contributed by atoms with E-state index in [1.165, 1.54) is 10.5 Å². The van der Waals surface area contributed by atoms with Gasteiger partial charge < -0.3 is 15.0 Å². The molecule has 7 heteroatoms. The van der Waals surface area contributed by atoms with Gasteiger partial charge in [-0.2, -0.15) is 0 Å². The highest BCUT2D eigenvalue weighted by atomic mass is 35.5. The lowest BCUT2D eigenvalue weighted by molar-refractivity contribution is -0.142. The Balaban J connectivity index is 1.90. The fourth-order valence-corrected chi connectivity index (χ4v) is 4.14. The Bertz CT molecular complexity index is 1080. The van der Waals surface area contributed by atoms with E-state index in [4.69, 9.17) is 27.9 Å². The second kappa shape index (κ2) is 12.4. The largest absolute Gasteiger partial charge is 0.484 e. The Hall–Kier alpha value is -3.02. The van der Waals surface area contributed by atoms with Gasteiger partial charge in [0.25, 0.3) is 5.91 Å². The maximum Gasteiger partial charge on any atom is 0.261 e. The summed E-state index contributed by atoms with van der Waals surface area (Å²) >= 11 is 12.8. The molecule has 1 atom stereocenters. The van der Waals surface area contributed by atoms with Gasteiger partial charge in [-0.15, -0.1) is 0 Å². The molecule has 34 heavy (non-hydrogen) atoms. The van der Waals surface area contributed by atoms with E-state index < -0.39 is 6.04 Å². The number of aryl methyl sites for hydroxylation is 1. The van der Waals surface area contributed by atoms with Crippen molar-refractivity contribution in [3.63, 3.8) is 0 Å². The zero-order chi connectivity index (χ0) is 24.5. The summed E-state index contributed by atoms with van der Waals surface area (Å²) in [6.45, 7) is 1.92. The van der Waals surface area contributed by atoms with E-state index in [2.05, 4.69) is 12.2 Å². The van der Waals surface area contributed by atoms with Gasteiger partial charge in [0.1, 0.15) is 11.8 Å². The third-order valence-corrected chi connectivity index (χ3v) is 6.31. The quantitative estimate of drug-likeness (QED) is 0.411. The van der Waals surface area contributed by atoms with Gasteiger partial charge in [-0.05, 0) is 41.8 Å². The van der Waals surface area contributed by atoms with Crippen molar-refractivity contribution < 1.29 is 14.3 Å². The van der Waals surface area contributed by atoms with E-state index in [1.54, 1.807) is 25.2 Å². The van der Waals surface area contributed by atoms with Crippen molar-refractivity contribution in [2.45, 2.75) is 32.4 Å². The molecule has 0 saturated carbocycles. The van der Waals surface area contributed by atoms with Crippen LogP contribution in [0.1, 0.15) is 23.6 Å². The zero-order valence-electron chi connectivity index (χ0n) is 19.3. The lowest BCUT2D eigenvalue weighted by Crippen LogP contribution is -2.51. The minimum Gasteiger partial charge on any atom is -0.484 e. The minimum atomic E-state index is -0.779. The predicted molar refractivity (Wildman–Crippen MR) is 136 cm³/mol. The highest BCUT2D eigenvalue weighted by Crippen LogP contribution is 2.27. The van der Waals surface area contributed by atoms with Crippen molar-refractivity contribution in [1.29, 1.82) is 0 Å². The molecular formula is C27H28Cl2N2O3. The summed E-state index contributed by atoms with van der Waals surface area (Å²) in [5.41, 5.74) is 2.68. The molecule has 2 amide bonds. The van der Waals surface area contributed by atoms with Crippen LogP contribution in [0.5, 0.6) is 5.75 Å². The Morgan fingerprint density at radius 2 is 1.56 bits per heavy atom. The van der Waals surface area contributed by atoms with E-state index >= 15 is 0 Å². The van der Waals surface area contributed by atoms with Crippen LogP contribution >= 0.6 is 23.2 Å². The Kier molecular flexibility index (Phi) is 9.37. The maximum absolute atomic E-state index is 13.5. The summed E-state index contributed by atoms with van der Waals surface area (Å²) in [4.78, 5) is 27.9. The van der Waals surface area contributed by atoms with Gasteiger partial charge in [-0.25, -0.2) is 0 Å². The Morgan fingerprint density at radius 3 is 2.15 bits per heavy atom. The van der Waals surface area contributed by atoms with Crippen molar-refractivity contribution in [2.75, 3.05) is 13.7 Å². The smallest absolute Gasteiger partial charge is 0.261 e. The van der Waals surface area contributed by atoms with E-state index in [1.807, 2.05) is 54.6 Å². The molecule has 1 N–H and O–H groups in total. The lowest BCUT2D eigenvalue weighted by atomic mass is 10.0. The second-order valence-corrected chi connectivity index (χ2v) is 8.64. The monoisotopic (exact) mass is 498 g/mol. The first-order valence-electron chi connectivity index (χ1n) is 11.1. The van der Waals surface area contributed by atoms with Crippen LogP contribution in [0.25, 0.3) is 0 Å². The molecule has 0 radical (unpaired) electrons. The molecule has 0 bridgehead atoms. The number of benzene rings is 3. The fraction of sp³-hybridized carbons (Fsp3) is 0.259. The van der Waals surface area contributed by atoms with Crippen molar-refractivity contribution in [1.82, 2.24) is 10.2 Å². The van der Waals surface area contributed by atoms with Gasteiger partial charge in [0.2, 0.25) is 5.91 Å². The van der Waals surface area contributed by atoms with Crippen LogP contribution in [-0.4, -0.2) is 36.4 Å². The topological polar surface area (TPSA) is 58.6 Å². The molecule has 0 fully saturated rings. The number of hydrogen-bond donors (Lipinski definition) is 1. The lowest BCUT2D eigenvalue weighted by Gasteiger charge is -2.31. The molecule has 0 heterocycles. The van der Waals surface area contributed by atoms with Crippen molar-refractivity contribution in [2.24, 2.45) is 0 Å². The average Bonchev–Trinajstić information content (AvgIpc) is 2.86. The highest BCUT2D eigenvalue weighted by Gasteiger charge is 2.31. The number of carbonyl (C=O) groups is 2. The number of carbonyl (C=O) groups excluding carboxylic acids is 2. The van der Waals surface area contributed by atoms with Crippen LogP contribution in [0, 0.1) is 0 Å². The number of hydrogen-bond acceptors (Lipinski definition) is 3. The second-order valence-electron chi connectivity index (χ2n) is 7.83. The molecule has 0 aliphatic rings. The molecule has 3 rings (SSSR count). The van der Waals surface area contributed by atoms with Gasteiger partial charge in [0.15, 0.2) is 6.61 Å². The van der Waals surface area contributed by atoms with Crippen LogP contribution in [0.4, 0.5) is 0 Å². The molecule has 1 unspecified atom stereocenters. The molecule has 3 aromatic carbocycles. The number of ether oxygens (including phenoxy) is 1. The first-order chi connectivity index (χ1) is 16.4. The minimum absolute atomic E-state index is 0.0698. The standard InChI is InChI=1S/C27H28Cl2N2O3/c1-3-19-12-14-21(15-13-19)34-18-26(32)31(17-22-23(28)10-7-11-24(22)29)25(27(33)30-2)16-20-8-5-4-6-9-20/h4-15,25H,3,16-18H2,1-2H3,(H,30,33). The fourth-order valence-electron chi connectivity index (χ4n) is 3.62. The molecule has 0 aliphatic heterocycles. The molecule has 0 aliphatic carbocycles. The third kappa shape index (κ3) is 6.75. The number of nitrogens with zero attached hydrogens (tertiary/aromatic N) is 1. The summed E-state index contributed by atoms with van der Waals surface area (Å²) in [7, 11) is 1.55. The molecule has 3 aromatic rings. The van der Waals surface area contributed by atoms with Gasteiger partial charge >= 0.3 is 0 Å². The van der Waals surface area contributed by atoms with Crippen LogP contribution in [0.15, 0.2) is 72.8 Å². The predicted octanol–water partition coefficient (Wildman–Crippen LogP) is 5.32. The first kappa shape index (κ1) is 25.6. The first-order valence-corrected chi connectivity index (χ1v) is 11.9. The number of halogens is 2. The van der Waals surface area contributed by atoms with Crippen LogP contribution in [-0.2, 0) is 29.0 Å². The highest BCUT2D eigenvalue weighted by molar-refractivity contribution is 6.36. The van der Waals surface area contributed by atoms with Gasteiger partial charge in [-0.1, -0.05) is 78.7 Å². The molecule has 5 nitrogen and oxygen atoms in total. The van der Waals surface area contributed by atoms with E-state index in [0.717, 1.165) is 12.0 Å². The summed E-state index contributed by atoms with van der Waals surface area (Å²) < 4.78 is 5.77. The molecule has 0 saturated heterocycles. The summed E-state index contributed by atoms with van der Waals surface area (Å²) in [6, 6.07) is 21.5. The molecule has 0 spiro atoms. The Morgan fingerprint density at radius 1 is 0.912 bits per heavy atom.